The Hall–Kier alpha value is -1.50. The molecule has 1 saturated heterocycles. The van der Waals surface area contributed by atoms with Gasteiger partial charge in [-0.1, -0.05) is 18.2 Å². The number of carbonyl (C=O) groups excluding carboxylic acids is 1. The van der Waals surface area contributed by atoms with Crippen LogP contribution in [-0.2, 0) is 10.8 Å². The Morgan fingerprint density at radius 2 is 1.83 bits per heavy atom. The van der Waals surface area contributed by atoms with Crippen molar-refractivity contribution in [3.63, 3.8) is 0 Å². The first-order valence-electron chi connectivity index (χ1n) is 7.71. The summed E-state index contributed by atoms with van der Waals surface area (Å²) < 4.78 is 12.2. The highest BCUT2D eigenvalue weighted by atomic mass is 32.2. The van der Waals surface area contributed by atoms with Crippen LogP contribution in [0.5, 0.6) is 0 Å². The second-order valence-corrected chi connectivity index (χ2v) is 7.86. The summed E-state index contributed by atoms with van der Waals surface area (Å²) in [5.74, 6) is 0.765. The Balaban J connectivity index is 1.44. The number of nitrogens with zero attached hydrogens (tertiary/aromatic N) is 2. The summed E-state index contributed by atoms with van der Waals surface area (Å²) in [7, 11) is -0.948. The van der Waals surface area contributed by atoms with Gasteiger partial charge in [-0.2, -0.15) is 11.3 Å². The third-order valence-electron chi connectivity index (χ3n) is 4.03. The number of rotatable bonds is 5. The van der Waals surface area contributed by atoms with Gasteiger partial charge in [0.15, 0.2) is 0 Å². The molecule has 2 heterocycles. The summed E-state index contributed by atoms with van der Waals surface area (Å²) in [6.45, 7) is 3.99. The fraction of sp³-hybridized carbons (Fsp3) is 0.353. The molecule has 0 unspecified atom stereocenters. The van der Waals surface area contributed by atoms with Gasteiger partial charge < -0.3 is 4.90 Å². The molecule has 23 heavy (non-hydrogen) atoms. The van der Waals surface area contributed by atoms with Gasteiger partial charge in [0.25, 0.3) is 5.91 Å². The summed E-state index contributed by atoms with van der Waals surface area (Å²) in [5, 5.41) is 3.83. The largest absolute Gasteiger partial charge is 0.336 e. The standard InChI is InChI=1S/C17H20N2O2S2/c20-17(15-6-12-22-14-15)19-9-7-18(8-10-19)11-13-23(21)16-4-2-1-3-5-16/h1-6,12,14H,7-11,13H2/t23-/m0/s1. The van der Waals surface area contributed by atoms with E-state index in [2.05, 4.69) is 4.90 Å². The van der Waals surface area contributed by atoms with Gasteiger partial charge in [0.05, 0.1) is 16.4 Å². The van der Waals surface area contributed by atoms with Crippen molar-refractivity contribution in [3.8, 4) is 0 Å². The van der Waals surface area contributed by atoms with Crippen molar-refractivity contribution in [1.29, 1.82) is 0 Å². The van der Waals surface area contributed by atoms with Crippen molar-refractivity contribution in [3.05, 3.63) is 52.7 Å². The maximum absolute atomic E-state index is 12.3. The molecule has 6 heteroatoms. The van der Waals surface area contributed by atoms with E-state index in [-0.39, 0.29) is 5.91 Å². The molecule has 0 N–H and O–H groups in total. The van der Waals surface area contributed by atoms with Crippen molar-refractivity contribution in [2.24, 2.45) is 0 Å². The van der Waals surface area contributed by atoms with E-state index in [0.29, 0.717) is 5.75 Å². The number of piperazine rings is 1. The molecule has 0 aliphatic carbocycles. The van der Waals surface area contributed by atoms with Crippen LogP contribution in [0.3, 0.4) is 0 Å². The van der Waals surface area contributed by atoms with Crippen LogP contribution in [0.25, 0.3) is 0 Å². The molecule has 0 spiro atoms. The highest BCUT2D eigenvalue weighted by Crippen LogP contribution is 2.12. The van der Waals surface area contributed by atoms with E-state index in [1.807, 2.05) is 52.1 Å². The van der Waals surface area contributed by atoms with Gasteiger partial charge in [0.2, 0.25) is 0 Å². The second kappa shape index (κ2) is 7.86. The minimum atomic E-state index is -0.948. The van der Waals surface area contributed by atoms with Crippen LogP contribution < -0.4 is 0 Å². The molecule has 1 amide bonds. The summed E-state index contributed by atoms with van der Waals surface area (Å²) in [6.07, 6.45) is 0. The highest BCUT2D eigenvalue weighted by molar-refractivity contribution is 7.85. The number of amides is 1. The summed E-state index contributed by atoms with van der Waals surface area (Å²) in [5.41, 5.74) is 0.786. The number of thiophene rings is 1. The molecule has 3 rings (SSSR count). The highest BCUT2D eigenvalue weighted by Gasteiger charge is 2.22. The lowest BCUT2D eigenvalue weighted by Gasteiger charge is -2.34. The Morgan fingerprint density at radius 3 is 2.48 bits per heavy atom. The zero-order valence-corrected chi connectivity index (χ0v) is 14.5. The average Bonchev–Trinajstić information content (AvgIpc) is 3.15. The Labute approximate surface area is 143 Å². The third kappa shape index (κ3) is 4.28. The van der Waals surface area contributed by atoms with Crippen LogP contribution in [0, 0.1) is 0 Å². The zero-order valence-electron chi connectivity index (χ0n) is 12.9. The number of hydrogen-bond acceptors (Lipinski definition) is 4. The number of benzene rings is 1. The van der Waals surface area contributed by atoms with E-state index in [4.69, 9.17) is 0 Å². The Bertz CT molecular complexity index is 650. The second-order valence-electron chi connectivity index (χ2n) is 5.51. The van der Waals surface area contributed by atoms with Gasteiger partial charge in [-0.3, -0.25) is 13.9 Å². The van der Waals surface area contributed by atoms with Crippen LogP contribution in [0.15, 0.2) is 52.1 Å². The first kappa shape index (κ1) is 16.4. The summed E-state index contributed by atoms with van der Waals surface area (Å²) in [4.78, 5) is 17.4. The molecule has 0 bridgehead atoms. The van der Waals surface area contributed by atoms with Crippen LogP contribution >= 0.6 is 11.3 Å². The molecule has 2 aromatic rings. The maximum atomic E-state index is 12.3. The van der Waals surface area contributed by atoms with Crippen LogP contribution in [0.4, 0.5) is 0 Å². The van der Waals surface area contributed by atoms with Gasteiger partial charge in [-0.25, -0.2) is 0 Å². The van der Waals surface area contributed by atoms with Crippen LogP contribution in [-0.4, -0.2) is 58.4 Å². The molecule has 0 radical (unpaired) electrons. The lowest BCUT2D eigenvalue weighted by Crippen LogP contribution is -2.49. The molecule has 1 atom stereocenters. The predicted molar refractivity (Wildman–Crippen MR) is 94.4 cm³/mol. The minimum absolute atomic E-state index is 0.124. The molecule has 122 valence electrons. The smallest absolute Gasteiger partial charge is 0.254 e. The average molecular weight is 348 g/mol. The SMILES string of the molecule is O=C(c1ccsc1)N1CCN(CC[S@](=O)c2ccccc2)CC1. The zero-order chi connectivity index (χ0) is 16.1. The van der Waals surface area contributed by atoms with Crippen molar-refractivity contribution < 1.29 is 9.00 Å². The fourth-order valence-corrected chi connectivity index (χ4v) is 4.40. The minimum Gasteiger partial charge on any atom is -0.336 e. The van der Waals surface area contributed by atoms with E-state index < -0.39 is 10.8 Å². The normalized spacial score (nSPS) is 17.1. The molecule has 1 aromatic heterocycles. The van der Waals surface area contributed by atoms with Crippen molar-refractivity contribution in [1.82, 2.24) is 9.80 Å². The molecule has 1 aromatic carbocycles. The fourth-order valence-electron chi connectivity index (χ4n) is 2.65. The maximum Gasteiger partial charge on any atom is 0.254 e. The van der Waals surface area contributed by atoms with Crippen molar-refractivity contribution >= 4 is 28.0 Å². The Morgan fingerprint density at radius 1 is 1.09 bits per heavy atom. The van der Waals surface area contributed by atoms with Gasteiger partial charge in [-0.05, 0) is 23.6 Å². The van der Waals surface area contributed by atoms with Gasteiger partial charge in [-0.15, -0.1) is 0 Å². The summed E-state index contributed by atoms with van der Waals surface area (Å²) in [6, 6.07) is 11.5. The molecular formula is C17H20N2O2S2. The lowest BCUT2D eigenvalue weighted by molar-refractivity contribution is 0.0645. The molecular weight excluding hydrogens is 328 g/mol. The van der Waals surface area contributed by atoms with E-state index in [0.717, 1.165) is 43.2 Å². The monoisotopic (exact) mass is 348 g/mol. The number of hydrogen-bond donors (Lipinski definition) is 0. The first-order chi connectivity index (χ1) is 11.2. The van der Waals surface area contributed by atoms with E-state index in [1.54, 1.807) is 11.3 Å². The molecule has 4 nitrogen and oxygen atoms in total. The van der Waals surface area contributed by atoms with E-state index >= 15 is 0 Å². The van der Waals surface area contributed by atoms with E-state index in [9.17, 15) is 9.00 Å². The van der Waals surface area contributed by atoms with Crippen molar-refractivity contribution in [2.75, 3.05) is 38.5 Å². The molecule has 0 saturated carbocycles. The molecule has 1 aliphatic rings. The van der Waals surface area contributed by atoms with Gasteiger partial charge in [0.1, 0.15) is 0 Å². The Kier molecular flexibility index (Phi) is 5.59. The number of carbonyl (C=O) groups is 1. The third-order valence-corrected chi connectivity index (χ3v) is 6.06. The predicted octanol–water partition coefficient (Wildman–Crippen LogP) is 2.31. The van der Waals surface area contributed by atoms with E-state index in [1.165, 1.54) is 0 Å². The topological polar surface area (TPSA) is 40.6 Å². The molecule has 1 fully saturated rings. The summed E-state index contributed by atoms with van der Waals surface area (Å²) >= 11 is 1.55. The first-order valence-corrected chi connectivity index (χ1v) is 9.97. The quantitative estimate of drug-likeness (QED) is 0.833. The van der Waals surface area contributed by atoms with Gasteiger partial charge >= 0.3 is 0 Å². The van der Waals surface area contributed by atoms with Crippen LogP contribution in [0.1, 0.15) is 10.4 Å². The lowest BCUT2D eigenvalue weighted by atomic mass is 10.2. The van der Waals surface area contributed by atoms with Crippen LogP contribution in [0.2, 0.25) is 0 Å². The van der Waals surface area contributed by atoms with Crippen molar-refractivity contribution in [2.45, 2.75) is 4.90 Å². The van der Waals surface area contributed by atoms with Gasteiger partial charge in [0, 0.05) is 48.8 Å². The molecule has 1 aliphatic heterocycles.